The fraction of sp³-hybridized carbons (Fsp3) is 0.208. The fourth-order valence-corrected chi connectivity index (χ4v) is 3.50. The zero-order valence-electron chi connectivity index (χ0n) is 17.3. The summed E-state index contributed by atoms with van der Waals surface area (Å²) >= 11 is 0. The molecule has 0 radical (unpaired) electrons. The van der Waals surface area contributed by atoms with Crippen LogP contribution >= 0.6 is 0 Å². The molecule has 152 valence electrons. The van der Waals surface area contributed by atoms with Crippen LogP contribution in [0.3, 0.4) is 0 Å². The Morgan fingerprint density at radius 2 is 1.97 bits per heavy atom. The van der Waals surface area contributed by atoms with Crippen LogP contribution in [0.1, 0.15) is 36.8 Å². The highest BCUT2D eigenvalue weighted by molar-refractivity contribution is 5.96. The smallest absolute Gasteiger partial charge is 0.246 e. The first-order valence-electron chi connectivity index (χ1n) is 9.98. The molecule has 30 heavy (non-hydrogen) atoms. The minimum absolute atomic E-state index is 0.0600. The monoisotopic (exact) mass is 400 g/mol. The van der Waals surface area contributed by atoms with Crippen molar-refractivity contribution in [1.82, 2.24) is 19.7 Å². The minimum Gasteiger partial charge on any atom is -0.460 e. The average Bonchev–Trinajstić information content (AvgIpc) is 3.44. The maximum Gasteiger partial charge on any atom is 0.246 e. The van der Waals surface area contributed by atoms with Gasteiger partial charge in [-0.2, -0.15) is 5.10 Å². The number of fused-ring (bicyclic) bond motifs is 1. The Hall–Kier alpha value is -3.67. The van der Waals surface area contributed by atoms with Crippen LogP contribution in [0.4, 0.5) is 0 Å². The van der Waals surface area contributed by atoms with E-state index in [2.05, 4.69) is 10.1 Å². The van der Waals surface area contributed by atoms with Gasteiger partial charge >= 0.3 is 0 Å². The number of carbonyl (C=O) groups is 1. The Morgan fingerprint density at radius 3 is 2.67 bits per heavy atom. The van der Waals surface area contributed by atoms with Gasteiger partial charge in [-0.3, -0.25) is 4.79 Å². The third-order valence-electron chi connectivity index (χ3n) is 5.41. The van der Waals surface area contributed by atoms with Crippen LogP contribution in [0.2, 0.25) is 0 Å². The van der Waals surface area contributed by atoms with Crippen LogP contribution in [0.25, 0.3) is 22.7 Å². The summed E-state index contributed by atoms with van der Waals surface area (Å²) in [7, 11) is 1.82. The van der Waals surface area contributed by atoms with Gasteiger partial charge in [0.15, 0.2) is 0 Å². The Morgan fingerprint density at radius 1 is 1.20 bits per heavy atom. The Balaban J connectivity index is 1.51. The second-order valence-electron chi connectivity index (χ2n) is 7.18. The first kappa shape index (κ1) is 19.6. The molecule has 6 heteroatoms. The summed E-state index contributed by atoms with van der Waals surface area (Å²) in [5, 5.41) is 5.16. The zero-order valence-corrected chi connectivity index (χ0v) is 17.3. The number of nitrogens with zero attached hydrogens (tertiary/aromatic N) is 4. The lowest BCUT2D eigenvalue weighted by Gasteiger charge is -2.24. The average molecular weight is 400 g/mol. The molecule has 2 heterocycles. The van der Waals surface area contributed by atoms with Crippen molar-refractivity contribution >= 4 is 23.0 Å². The van der Waals surface area contributed by atoms with Gasteiger partial charge in [-0.15, -0.1) is 0 Å². The third-order valence-corrected chi connectivity index (χ3v) is 5.41. The van der Waals surface area contributed by atoms with E-state index >= 15 is 0 Å². The lowest BCUT2D eigenvalue weighted by atomic mass is 10.1. The van der Waals surface area contributed by atoms with Gasteiger partial charge in [-0.05, 0) is 36.8 Å². The first-order chi connectivity index (χ1) is 14.6. The standard InChI is InChI=1S/C24H24N4O2/c1-4-22-21(20-7-5-6-8-23(20)30-22)13-14-24(29)27(3)17(2)18-9-11-19(12-10-18)28-16-25-15-26-28/h5-17H,4H2,1-3H3/b14-13+/t17-/m1/s1. The molecule has 0 N–H and O–H groups in total. The maximum absolute atomic E-state index is 12.8. The summed E-state index contributed by atoms with van der Waals surface area (Å²) < 4.78 is 7.61. The predicted molar refractivity (Wildman–Crippen MR) is 117 cm³/mol. The van der Waals surface area contributed by atoms with Gasteiger partial charge in [-0.25, -0.2) is 9.67 Å². The van der Waals surface area contributed by atoms with Crippen LogP contribution in [0, 0.1) is 0 Å². The van der Waals surface area contributed by atoms with E-state index in [4.69, 9.17) is 4.42 Å². The van der Waals surface area contributed by atoms with E-state index in [1.807, 2.05) is 75.5 Å². The molecule has 0 bridgehead atoms. The van der Waals surface area contributed by atoms with Crippen LogP contribution < -0.4 is 0 Å². The van der Waals surface area contributed by atoms with Crippen LogP contribution in [0.15, 0.2) is 71.7 Å². The van der Waals surface area contributed by atoms with Crippen molar-refractivity contribution in [3.63, 3.8) is 0 Å². The number of rotatable bonds is 6. The topological polar surface area (TPSA) is 64.2 Å². The second kappa shape index (κ2) is 8.37. The van der Waals surface area contributed by atoms with Crippen molar-refractivity contribution in [1.29, 1.82) is 0 Å². The van der Waals surface area contributed by atoms with Crippen molar-refractivity contribution in [2.45, 2.75) is 26.3 Å². The molecule has 0 saturated carbocycles. The molecule has 0 aliphatic heterocycles. The Kier molecular flexibility index (Phi) is 5.48. The number of hydrogen-bond acceptors (Lipinski definition) is 4. The number of hydrogen-bond donors (Lipinski definition) is 0. The zero-order chi connectivity index (χ0) is 21.1. The molecule has 2 aromatic carbocycles. The van der Waals surface area contributed by atoms with Gasteiger partial charge in [0, 0.05) is 30.5 Å². The first-order valence-corrected chi connectivity index (χ1v) is 9.98. The third kappa shape index (κ3) is 3.76. The molecular weight excluding hydrogens is 376 g/mol. The highest BCUT2D eigenvalue weighted by atomic mass is 16.3. The van der Waals surface area contributed by atoms with E-state index in [0.717, 1.165) is 40.0 Å². The van der Waals surface area contributed by atoms with Gasteiger partial charge in [0.25, 0.3) is 0 Å². The number of carbonyl (C=O) groups excluding carboxylic acids is 1. The maximum atomic E-state index is 12.8. The molecule has 0 spiro atoms. The highest BCUT2D eigenvalue weighted by Crippen LogP contribution is 2.28. The molecule has 2 aromatic heterocycles. The van der Waals surface area contributed by atoms with Crippen LogP contribution in [-0.2, 0) is 11.2 Å². The van der Waals surface area contributed by atoms with E-state index in [9.17, 15) is 4.79 Å². The summed E-state index contributed by atoms with van der Waals surface area (Å²) in [4.78, 5) is 18.5. The molecule has 0 aliphatic carbocycles. The molecule has 6 nitrogen and oxygen atoms in total. The van der Waals surface area contributed by atoms with Gasteiger partial charge < -0.3 is 9.32 Å². The SMILES string of the molecule is CCc1oc2ccccc2c1/C=C/C(=O)N(C)[C@H](C)c1ccc(-n2cncn2)cc1. The number of furan rings is 1. The molecule has 0 saturated heterocycles. The van der Waals surface area contributed by atoms with E-state index in [1.54, 1.807) is 22.0 Å². The normalized spacial score (nSPS) is 12.5. The van der Waals surface area contributed by atoms with Gasteiger partial charge in [0.2, 0.25) is 5.91 Å². The molecule has 0 aliphatic rings. The lowest BCUT2D eigenvalue weighted by Crippen LogP contribution is -2.28. The largest absolute Gasteiger partial charge is 0.460 e. The molecular formula is C24H24N4O2. The van der Waals surface area contributed by atoms with E-state index in [0.29, 0.717) is 0 Å². The molecule has 0 unspecified atom stereocenters. The quantitative estimate of drug-likeness (QED) is 0.436. The minimum atomic E-state index is -0.0707. The fourth-order valence-electron chi connectivity index (χ4n) is 3.50. The number of aryl methyl sites for hydroxylation is 1. The van der Waals surface area contributed by atoms with Gasteiger partial charge in [0.1, 0.15) is 24.0 Å². The molecule has 1 amide bonds. The number of benzene rings is 2. The summed E-state index contributed by atoms with van der Waals surface area (Å²) in [6.07, 6.45) is 7.42. The summed E-state index contributed by atoms with van der Waals surface area (Å²) in [6.45, 7) is 4.06. The number of aromatic nitrogens is 3. The molecule has 1 atom stereocenters. The Labute approximate surface area is 175 Å². The van der Waals surface area contributed by atoms with Crippen LogP contribution in [-0.4, -0.2) is 32.6 Å². The van der Waals surface area contributed by atoms with Crippen molar-refractivity contribution in [2.75, 3.05) is 7.05 Å². The summed E-state index contributed by atoms with van der Waals surface area (Å²) in [6, 6.07) is 15.8. The Bertz CT molecular complexity index is 1170. The van der Waals surface area contributed by atoms with Gasteiger partial charge in [-0.1, -0.05) is 37.3 Å². The highest BCUT2D eigenvalue weighted by Gasteiger charge is 2.16. The molecule has 0 fully saturated rings. The van der Waals surface area contributed by atoms with E-state index in [-0.39, 0.29) is 11.9 Å². The van der Waals surface area contributed by atoms with Gasteiger partial charge in [0.05, 0.1) is 11.7 Å². The number of likely N-dealkylation sites (N-methyl/N-ethyl adjacent to an activating group) is 1. The second-order valence-corrected chi connectivity index (χ2v) is 7.18. The van der Waals surface area contributed by atoms with Crippen molar-refractivity contribution in [2.24, 2.45) is 0 Å². The van der Waals surface area contributed by atoms with Crippen LogP contribution in [0.5, 0.6) is 0 Å². The van der Waals surface area contributed by atoms with Crippen molar-refractivity contribution in [3.8, 4) is 5.69 Å². The van der Waals surface area contributed by atoms with E-state index in [1.165, 1.54) is 6.33 Å². The number of para-hydroxylation sites is 1. The van der Waals surface area contributed by atoms with Crippen molar-refractivity contribution in [3.05, 3.63) is 84.1 Å². The predicted octanol–water partition coefficient (Wildman–Crippen LogP) is 4.81. The number of amides is 1. The molecule has 4 aromatic rings. The van der Waals surface area contributed by atoms with Crippen molar-refractivity contribution < 1.29 is 9.21 Å². The summed E-state index contributed by atoms with van der Waals surface area (Å²) in [5.74, 6) is 0.829. The molecule has 4 rings (SSSR count). The lowest BCUT2D eigenvalue weighted by molar-refractivity contribution is -0.126. The summed E-state index contributed by atoms with van der Waals surface area (Å²) in [5.41, 5.74) is 3.79. The van der Waals surface area contributed by atoms with E-state index < -0.39 is 0 Å².